The summed E-state index contributed by atoms with van der Waals surface area (Å²) >= 11 is 3.25. The van der Waals surface area contributed by atoms with Crippen LogP contribution in [-0.2, 0) is 0 Å². The van der Waals surface area contributed by atoms with Crippen LogP contribution in [0.4, 0.5) is 10.2 Å². The van der Waals surface area contributed by atoms with Crippen LogP contribution in [0.3, 0.4) is 0 Å². The lowest BCUT2D eigenvalue weighted by molar-refractivity contribution is 0.424. The second-order valence-electron chi connectivity index (χ2n) is 5.53. The van der Waals surface area contributed by atoms with Gasteiger partial charge in [-0.05, 0) is 31.0 Å². The van der Waals surface area contributed by atoms with Gasteiger partial charge in [-0.3, -0.25) is 0 Å². The Balaban J connectivity index is 2.03. The first-order valence-corrected chi connectivity index (χ1v) is 7.96. The van der Waals surface area contributed by atoms with Crippen LogP contribution >= 0.6 is 15.9 Å². The molecule has 0 aliphatic heterocycles. The van der Waals surface area contributed by atoms with E-state index in [1.54, 1.807) is 12.1 Å². The quantitative estimate of drug-likeness (QED) is 0.807. The molecule has 1 aliphatic rings. The fraction of sp³-hybridized carbons (Fsp3) is 0.400. The average Bonchev–Trinajstić information content (AvgIpc) is 2.77. The Morgan fingerprint density at radius 1 is 1.24 bits per heavy atom. The summed E-state index contributed by atoms with van der Waals surface area (Å²) in [5.41, 5.74) is 6.87. The number of halogens is 2. The maximum atomic E-state index is 14.1. The number of nitrogens with two attached hydrogens (primary N) is 2. The zero-order valence-corrected chi connectivity index (χ0v) is 13.2. The molecule has 0 spiro atoms. The number of nitrogens with zero attached hydrogens (tertiary/aromatic N) is 2. The lowest BCUT2D eigenvalue weighted by Crippen LogP contribution is -2.19. The Hall–Kier alpha value is -1.56. The van der Waals surface area contributed by atoms with Gasteiger partial charge in [0.25, 0.3) is 0 Å². The summed E-state index contributed by atoms with van der Waals surface area (Å²) in [4.78, 5) is 4.55. The lowest BCUT2D eigenvalue weighted by atomic mass is 9.89. The van der Waals surface area contributed by atoms with E-state index in [4.69, 9.17) is 11.6 Å². The van der Waals surface area contributed by atoms with E-state index in [0.29, 0.717) is 27.5 Å². The van der Waals surface area contributed by atoms with E-state index in [-0.39, 0.29) is 5.82 Å². The minimum Gasteiger partial charge on any atom is -0.382 e. The zero-order valence-electron chi connectivity index (χ0n) is 11.6. The molecular formula is C15H18BrFN4. The van der Waals surface area contributed by atoms with Gasteiger partial charge in [0.15, 0.2) is 5.82 Å². The molecule has 0 bridgehead atoms. The van der Waals surface area contributed by atoms with Crippen molar-refractivity contribution in [2.75, 3.05) is 11.6 Å². The SMILES string of the molecule is Nc1c(-c2ccc(Br)cc2F)nc(C2CCCCC2)n1N. The summed E-state index contributed by atoms with van der Waals surface area (Å²) in [7, 11) is 0. The molecule has 0 radical (unpaired) electrons. The topological polar surface area (TPSA) is 69.9 Å². The third-order valence-corrected chi connectivity index (χ3v) is 4.63. The summed E-state index contributed by atoms with van der Waals surface area (Å²) in [5, 5.41) is 0. The van der Waals surface area contributed by atoms with Crippen LogP contribution in [-0.4, -0.2) is 9.66 Å². The smallest absolute Gasteiger partial charge is 0.150 e. The molecule has 6 heteroatoms. The van der Waals surface area contributed by atoms with E-state index in [1.165, 1.54) is 30.0 Å². The van der Waals surface area contributed by atoms with Crippen molar-refractivity contribution in [2.45, 2.75) is 38.0 Å². The van der Waals surface area contributed by atoms with Crippen LogP contribution in [0.5, 0.6) is 0 Å². The Labute approximate surface area is 131 Å². The van der Waals surface area contributed by atoms with Crippen molar-refractivity contribution in [3.8, 4) is 11.3 Å². The van der Waals surface area contributed by atoms with E-state index < -0.39 is 0 Å². The van der Waals surface area contributed by atoms with Crippen LogP contribution in [0.25, 0.3) is 11.3 Å². The average molecular weight is 353 g/mol. The van der Waals surface area contributed by atoms with Gasteiger partial charge in [-0.25, -0.2) is 14.1 Å². The number of imidazole rings is 1. The van der Waals surface area contributed by atoms with Crippen LogP contribution in [0.2, 0.25) is 0 Å². The maximum Gasteiger partial charge on any atom is 0.150 e. The molecule has 1 fully saturated rings. The second kappa shape index (κ2) is 5.67. The Morgan fingerprint density at radius 3 is 2.62 bits per heavy atom. The molecule has 21 heavy (non-hydrogen) atoms. The summed E-state index contributed by atoms with van der Waals surface area (Å²) in [6.45, 7) is 0. The van der Waals surface area contributed by atoms with E-state index in [0.717, 1.165) is 18.7 Å². The molecule has 2 aromatic rings. The normalized spacial score (nSPS) is 16.3. The molecule has 1 aliphatic carbocycles. The Kier molecular flexibility index (Phi) is 3.89. The molecule has 3 rings (SSSR count). The highest BCUT2D eigenvalue weighted by atomic mass is 79.9. The van der Waals surface area contributed by atoms with Crippen LogP contribution in [0.15, 0.2) is 22.7 Å². The molecule has 1 saturated carbocycles. The van der Waals surface area contributed by atoms with E-state index in [9.17, 15) is 4.39 Å². The predicted octanol–water partition coefficient (Wildman–Crippen LogP) is 3.80. The highest BCUT2D eigenvalue weighted by molar-refractivity contribution is 9.10. The van der Waals surface area contributed by atoms with Gasteiger partial charge in [-0.2, -0.15) is 0 Å². The van der Waals surface area contributed by atoms with Crippen molar-refractivity contribution in [2.24, 2.45) is 0 Å². The first-order valence-electron chi connectivity index (χ1n) is 7.16. The number of hydrogen-bond donors (Lipinski definition) is 2. The predicted molar refractivity (Wildman–Crippen MR) is 85.7 cm³/mol. The van der Waals surface area contributed by atoms with Crippen LogP contribution in [0.1, 0.15) is 43.8 Å². The maximum absolute atomic E-state index is 14.1. The monoisotopic (exact) mass is 352 g/mol. The van der Waals surface area contributed by atoms with Gasteiger partial charge in [0.1, 0.15) is 17.3 Å². The van der Waals surface area contributed by atoms with Gasteiger partial charge >= 0.3 is 0 Å². The van der Waals surface area contributed by atoms with E-state index >= 15 is 0 Å². The molecule has 4 N–H and O–H groups in total. The third-order valence-electron chi connectivity index (χ3n) is 4.13. The molecule has 4 nitrogen and oxygen atoms in total. The van der Waals surface area contributed by atoms with Gasteiger partial charge in [0, 0.05) is 16.0 Å². The standard InChI is InChI=1S/C15H18BrFN4/c16-10-6-7-11(12(17)8-10)13-14(18)21(19)15(20-13)9-4-2-1-3-5-9/h6-9H,1-5,18-19H2. The minimum atomic E-state index is -0.357. The molecular weight excluding hydrogens is 335 g/mol. The summed E-state index contributed by atoms with van der Waals surface area (Å²) in [6.07, 6.45) is 5.75. The van der Waals surface area contributed by atoms with Gasteiger partial charge in [0.05, 0.1) is 0 Å². The number of hydrogen-bond acceptors (Lipinski definition) is 3. The van der Waals surface area contributed by atoms with Crippen LogP contribution in [0, 0.1) is 5.82 Å². The number of rotatable bonds is 2. The van der Waals surface area contributed by atoms with Crippen molar-refractivity contribution in [3.63, 3.8) is 0 Å². The lowest BCUT2D eigenvalue weighted by Gasteiger charge is -2.20. The molecule has 0 atom stereocenters. The van der Waals surface area contributed by atoms with Gasteiger partial charge in [0.2, 0.25) is 0 Å². The largest absolute Gasteiger partial charge is 0.382 e. The highest BCUT2D eigenvalue weighted by Gasteiger charge is 2.24. The highest BCUT2D eigenvalue weighted by Crippen LogP contribution is 2.36. The van der Waals surface area contributed by atoms with Crippen molar-refractivity contribution < 1.29 is 4.39 Å². The fourth-order valence-corrected chi connectivity index (χ4v) is 3.32. The first kappa shape index (κ1) is 14.4. The number of anilines is 1. The number of benzene rings is 1. The Bertz CT molecular complexity index is 662. The summed E-state index contributed by atoms with van der Waals surface area (Å²) in [6, 6.07) is 4.85. The van der Waals surface area contributed by atoms with Crippen molar-refractivity contribution in [1.82, 2.24) is 9.66 Å². The number of nitrogen functional groups attached to an aromatic ring is 2. The minimum absolute atomic E-state index is 0.316. The van der Waals surface area contributed by atoms with Crippen molar-refractivity contribution in [1.29, 1.82) is 0 Å². The molecule has 112 valence electrons. The molecule has 0 saturated heterocycles. The molecule has 0 unspecified atom stereocenters. The van der Waals surface area contributed by atoms with Crippen molar-refractivity contribution >= 4 is 21.7 Å². The molecule has 1 aromatic heterocycles. The fourth-order valence-electron chi connectivity index (χ4n) is 2.99. The first-order chi connectivity index (χ1) is 10.1. The van der Waals surface area contributed by atoms with Gasteiger partial charge in [-0.15, -0.1) is 0 Å². The van der Waals surface area contributed by atoms with Gasteiger partial charge in [-0.1, -0.05) is 35.2 Å². The van der Waals surface area contributed by atoms with Gasteiger partial charge < -0.3 is 11.6 Å². The molecule has 1 heterocycles. The summed E-state index contributed by atoms with van der Waals surface area (Å²) in [5.74, 6) is 7.09. The van der Waals surface area contributed by atoms with Crippen LogP contribution < -0.4 is 11.6 Å². The molecule has 0 amide bonds. The molecule has 1 aromatic carbocycles. The van der Waals surface area contributed by atoms with E-state index in [2.05, 4.69) is 20.9 Å². The zero-order chi connectivity index (χ0) is 15.0. The van der Waals surface area contributed by atoms with E-state index in [1.807, 2.05) is 0 Å². The van der Waals surface area contributed by atoms with Crippen molar-refractivity contribution in [3.05, 3.63) is 34.3 Å². The Morgan fingerprint density at radius 2 is 1.95 bits per heavy atom. The third kappa shape index (κ3) is 2.64. The number of aromatic nitrogens is 2. The second-order valence-corrected chi connectivity index (χ2v) is 6.45. The summed E-state index contributed by atoms with van der Waals surface area (Å²) < 4.78 is 16.2.